The third-order valence-corrected chi connectivity index (χ3v) is 1.36. The molecule has 0 N–H and O–H groups in total. The maximum atomic E-state index is 12.2. The van der Waals surface area contributed by atoms with Crippen LogP contribution in [0.25, 0.3) is 0 Å². The molecule has 74 valence electrons. The van der Waals surface area contributed by atoms with E-state index in [1.54, 1.807) is 0 Å². The lowest BCUT2D eigenvalue weighted by molar-refractivity contribution is -0.0701. The van der Waals surface area contributed by atoms with Crippen LogP contribution in [0.2, 0.25) is 0 Å². The summed E-state index contributed by atoms with van der Waals surface area (Å²) in [6.07, 6.45) is -5.91. The van der Waals surface area contributed by atoms with Gasteiger partial charge in [0.2, 0.25) is 0 Å². The van der Waals surface area contributed by atoms with Crippen molar-refractivity contribution in [2.75, 3.05) is 0 Å². The van der Waals surface area contributed by atoms with Gasteiger partial charge in [-0.15, -0.1) is 11.6 Å². The van der Waals surface area contributed by atoms with Gasteiger partial charge in [0.05, 0.1) is 5.88 Å². The summed E-state index contributed by atoms with van der Waals surface area (Å²) in [6, 6.07) is 1.14. The highest BCUT2D eigenvalue weighted by atomic mass is 35.5. The van der Waals surface area contributed by atoms with Gasteiger partial charge in [-0.25, -0.2) is 8.78 Å². The summed E-state index contributed by atoms with van der Waals surface area (Å²) in [5, 5.41) is 3.15. The topological polar surface area (TPSA) is 35.3 Å². The first-order chi connectivity index (χ1) is 6.13. The fourth-order valence-electron chi connectivity index (χ4n) is 0.579. The minimum atomic E-state index is -3.21. The predicted molar refractivity (Wildman–Crippen MR) is 37.6 cm³/mol. The number of alkyl halides is 4. The van der Waals surface area contributed by atoms with E-state index in [9.17, 15) is 13.2 Å². The van der Waals surface area contributed by atoms with Gasteiger partial charge in [0.25, 0.3) is 12.2 Å². The first-order valence-corrected chi connectivity index (χ1v) is 3.77. The molecule has 7 heteroatoms. The van der Waals surface area contributed by atoms with E-state index in [1.165, 1.54) is 0 Å². The Balaban J connectivity index is 2.53. The van der Waals surface area contributed by atoms with Gasteiger partial charge < -0.3 is 9.26 Å². The molecule has 0 fully saturated rings. The lowest BCUT2D eigenvalue weighted by Gasteiger charge is -2.05. The molecule has 0 saturated carbocycles. The molecule has 0 amide bonds. The van der Waals surface area contributed by atoms with Gasteiger partial charge in [-0.3, -0.25) is 0 Å². The van der Waals surface area contributed by atoms with Crippen LogP contribution >= 0.6 is 11.6 Å². The van der Waals surface area contributed by atoms with E-state index < -0.39 is 12.8 Å². The normalized spacial score (nSPS) is 13.3. The Morgan fingerprint density at radius 1 is 1.54 bits per heavy atom. The van der Waals surface area contributed by atoms with Crippen molar-refractivity contribution in [1.29, 1.82) is 0 Å². The Kier molecular flexibility index (Phi) is 3.41. The quantitative estimate of drug-likeness (QED) is 0.724. The predicted octanol–water partition coefficient (Wildman–Crippen LogP) is 2.35. The zero-order chi connectivity index (χ0) is 9.84. The van der Waals surface area contributed by atoms with Crippen molar-refractivity contribution in [2.45, 2.75) is 18.7 Å². The third-order valence-electron chi connectivity index (χ3n) is 1.10. The van der Waals surface area contributed by atoms with Crippen molar-refractivity contribution in [2.24, 2.45) is 0 Å². The minimum Gasteiger partial charge on any atom is -0.435 e. The molecule has 0 aliphatic heterocycles. The zero-order valence-corrected chi connectivity index (χ0v) is 6.97. The number of ether oxygens (including phenoxy) is 1. The lowest BCUT2D eigenvalue weighted by Crippen LogP contribution is -2.19. The van der Waals surface area contributed by atoms with Crippen LogP contribution in [0.15, 0.2) is 10.6 Å². The molecule has 1 heterocycles. The second kappa shape index (κ2) is 4.36. The van der Waals surface area contributed by atoms with Crippen molar-refractivity contribution < 1.29 is 22.4 Å². The smallest absolute Gasteiger partial charge is 0.304 e. The van der Waals surface area contributed by atoms with Crippen LogP contribution in [0.4, 0.5) is 13.2 Å². The van der Waals surface area contributed by atoms with Gasteiger partial charge in [-0.1, -0.05) is 0 Å². The highest BCUT2D eigenvalue weighted by Gasteiger charge is 2.22. The molecule has 0 saturated heterocycles. The molecule has 1 unspecified atom stereocenters. The second-order valence-corrected chi connectivity index (χ2v) is 2.34. The molecule has 0 bridgehead atoms. The van der Waals surface area contributed by atoms with Gasteiger partial charge in [0.1, 0.15) is 0 Å². The summed E-state index contributed by atoms with van der Waals surface area (Å²) in [6.45, 7) is 0. The van der Waals surface area contributed by atoms with Crippen molar-refractivity contribution in [1.82, 2.24) is 5.16 Å². The molecule has 1 atom stereocenters. The fourth-order valence-corrected chi connectivity index (χ4v) is 0.705. The molecule has 0 aliphatic rings. The van der Waals surface area contributed by atoms with E-state index in [0.717, 1.165) is 6.07 Å². The number of hydrogen-bond acceptors (Lipinski definition) is 3. The molecule has 13 heavy (non-hydrogen) atoms. The van der Waals surface area contributed by atoms with E-state index in [2.05, 4.69) is 14.4 Å². The number of halogens is 4. The van der Waals surface area contributed by atoms with Gasteiger partial charge in [0.15, 0.2) is 5.76 Å². The van der Waals surface area contributed by atoms with Crippen molar-refractivity contribution in [3.63, 3.8) is 0 Å². The van der Waals surface area contributed by atoms with Crippen LogP contribution in [-0.4, -0.2) is 17.9 Å². The summed E-state index contributed by atoms with van der Waals surface area (Å²) in [5.74, 6) is -0.108. The minimum absolute atomic E-state index is 0.0159. The highest BCUT2D eigenvalue weighted by Crippen LogP contribution is 2.17. The number of hydrogen-bond donors (Lipinski definition) is 0. The SMILES string of the molecule is FC(F)C(F)Oc1cc(CCl)on1. The van der Waals surface area contributed by atoms with Crippen LogP contribution in [-0.2, 0) is 5.88 Å². The molecule has 1 aromatic rings. The lowest BCUT2D eigenvalue weighted by atomic mass is 10.5. The molecule has 1 rings (SSSR count). The van der Waals surface area contributed by atoms with Crippen LogP contribution in [0.5, 0.6) is 5.88 Å². The Morgan fingerprint density at radius 2 is 2.23 bits per heavy atom. The summed E-state index contributed by atoms with van der Waals surface area (Å²) >= 11 is 5.31. The van der Waals surface area contributed by atoms with Crippen LogP contribution in [0, 0.1) is 0 Å². The molecular formula is C6H5ClF3NO2. The molecule has 3 nitrogen and oxygen atoms in total. The average molecular weight is 216 g/mol. The highest BCUT2D eigenvalue weighted by molar-refractivity contribution is 6.16. The molecular weight excluding hydrogens is 211 g/mol. The van der Waals surface area contributed by atoms with Crippen LogP contribution in [0.1, 0.15) is 5.76 Å². The van der Waals surface area contributed by atoms with E-state index in [0.29, 0.717) is 0 Å². The number of nitrogens with zero attached hydrogens (tertiary/aromatic N) is 1. The Morgan fingerprint density at radius 3 is 2.69 bits per heavy atom. The maximum absolute atomic E-state index is 12.2. The van der Waals surface area contributed by atoms with Crippen molar-refractivity contribution in [3.8, 4) is 5.88 Å². The second-order valence-electron chi connectivity index (χ2n) is 2.07. The van der Waals surface area contributed by atoms with E-state index >= 15 is 0 Å². The fraction of sp³-hybridized carbons (Fsp3) is 0.500. The van der Waals surface area contributed by atoms with Gasteiger partial charge >= 0.3 is 6.43 Å². The van der Waals surface area contributed by atoms with Crippen molar-refractivity contribution >= 4 is 11.6 Å². The molecule has 0 radical (unpaired) electrons. The molecule has 0 aliphatic carbocycles. The Labute approximate surface area is 76.4 Å². The maximum Gasteiger partial charge on any atom is 0.304 e. The first-order valence-electron chi connectivity index (χ1n) is 3.24. The summed E-state index contributed by atoms with van der Waals surface area (Å²) in [4.78, 5) is 0. The average Bonchev–Trinajstić information content (AvgIpc) is 2.52. The summed E-state index contributed by atoms with van der Waals surface area (Å²) in [5.41, 5.74) is 0. The monoisotopic (exact) mass is 215 g/mol. The summed E-state index contributed by atoms with van der Waals surface area (Å²) in [7, 11) is 0. The van der Waals surface area contributed by atoms with E-state index in [1.807, 2.05) is 0 Å². The zero-order valence-electron chi connectivity index (χ0n) is 6.21. The number of rotatable bonds is 4. The largest absolute Gasteiger partial charge is 0.435 e. The van der Waals surface area contributed by atoms with Gasteiger partial charge in [-0.05, 0) is 5.16 Å². The first kappa shape index (κ1) is 10.2. The Hall–Kier alpha value is -0.910. The summed E-state index contributed by atoms with van der Waals surface area (Å²) < 4.78 is 44.0. The van der Waals surface area contributed by atoms with E-state index in [4.69, 9.17) is 11.6 Å². The van der Waals surface area contributed by atoms with Crippen LogP contribution in [0.3, 0.4) is 0 Å². The standard InChI is InChI=1S/C6H5ClF3NO2/c7-2-3-1-4(11-13-3)12-6(10)5(8)9/h1,5-6H,2H2. The van der Waals surface area contributed by atoms with Gasteiger partial charge in [-0.2, -0.15) is 4.39 Å². The molecule has 0 spiro atoms. The van der Waals surface area contributed by atoms with Crippen LogP contribution < -0.4 is 4.74 Å². The Bertz CT molecular complexity index is 268. The van der Waals surface area contributed by atoms with E-state index in [-0.39, 0.29) is 17.5 Å². The molecule has 1 aromatic heterocycles. The third kappa shape index (κ3) is 2.80. The van der Waals surface area contributed by atoms with Crippen molar-refractivity contribution in [3.05, 3.63) is 11.8 Å². The van der Waals surface area contributed by atoms with Gasteiger partial charge in [0, 0.05) is 6.07 Å². The molecule has 0 aromatic carbocycles. The number of aromatic nitrogens is 1.